The van der Waals surface area contributed by atoms with E-state index in [0.29, 0.717) is 0 Å². The van der Waals surface area contributed by atoms with Gasteiger partial charge in [-0.25, -0.2) is 0 Å². The fourth-order valence-corrected chi connectivity index (χ4v) is 9.72. The van der Waals surface area contributed by atoms with E-state index in [1.54, 1.807) is 0 Å². The Bertz CT molecular complexity index is 3450. The quantitative estimate of drug-likeness (QED) is 0.111. The fraction of sp³-hybridized carbons (Fsp3) is 0.156. The second kappa shape index (κ2) is 16.9. The van der Waals surface area contributed by atoms with Crippen molar-refractivity contribution in [2.75, 3.05) is 9.80 Å². The number of hydrogen-bond acceptors (Lipinski definition) is 2. The minimum absolute atomic E-state index is 0.0617. The molecule has 0 amide bonds. The Balaban J connectivity index is 1.12. The highest BCUT2D eigenvalue weighted by atomic mass is 15.1. The SMILES string of the molecule is Cc1cccc(N(c2ccc(C(C)(C)C)cc2)c2ccc(/C=C/c3cc4c5ccccc5c(N(c5ccc(C(C)(C)C)cc5)c5cccc(C)c5)cc4c4ccccc34)c3ccccc23)c1. The van der Waals surface area contributed by atoms with Crippen LogP contribution in [0.2, 0.25) is 0 Å². The highest BCUT2D eigenvalue weighted by Gasteiger charge is 2.22. The maximum absolute atomic E-state index is 2.44. The number of rotatable bonds is 8. The standard InChI is InChI=1S/C64H58N2/c1-43-17-15-19-51(39-43)65(49-34-30-47(31-35-49)63(3,4)5)61-38-29-45(53-21-10-13-25-57(53)61)27-28-46-41-59-56-24-12-14-26-58(56)62(42-60(59)55-23-11-9-22-54(46)55)66(52-20-16-18-44(2)40-52)50-36-32-48(33-37-50)64(6,7)8/h9-42H,1-8H3/b28-27+. The molecule has 10 rings (SSSR count). The number of fused-ring (bicyclic) bond motifs is 6. The Kier molecular flexibility index (Phi) is 10.9. The van der Waals surface area contributed by atoms with E-state index in [1.165, 1.54) is 76.5 Å². The number of nitrogens with zero attached hydrogens (tertiary/aromatic N) is 2. The third-order valence-electron chi connectivity index (χ3n) is 13.3. The topological polar surface area (TPSA) is 6.48 Å². The maximum atomic E-state index is 2.44. The van der Waals surface area contributed by atoms with E-state index in [2.05, 4.69) is 271 Å². The average Bonchev–Trinajstić information content (AvgIpc) is 3.31. The van der Waals surface area contributed by atoms with Crippen LogP contribution in [0.5, 0.6) is 0 Å². The zero-order valence-electron chi connectivity index (χ0n) is 39.5. The van der Waals surface area contributed by atoms with Crippen LogP contribution in [0.4, 0.5) is 34.1 Å². The van der Waals surface area contributed by atoms with Crippen molar-refractivity contribution >= 4 is 89.4 Å². The molecule has 324 valence electrons. The Morgan fingerprint density at radius 2 is 0.712 bits per heavy atom. The number of anilines is 6. The molecule has 0 aliphatic heterocycles. The zero-order chi connectivity index (χ0) is 45.7. The van der Waals surface area contributed by atoms with E-state index in [9.17, 15) is 0 Å². The summed E-state index contributed by atoms with van der Waals surface area (Å²) in [6, 6.07) is 72.1. The van der Waals surface area contributed by atoms with Crippen molar-refractivity contribution < 1.29 is 0 Å². The molecule has 0 atom stereocenters. The molecule has 0 heterocycles. The molecule has 2 heteroatoms. The van der Waals surface area contributed by atoms with Crippen LogP contribution in [0.25, 0.3) is 55.2 Å². The van der Waals surface area contributed by atoms with Gasteiger partial charge in [0, 0.05) is 33.5 Å². The maximum Gasteiger partial charge on any atom is 0.0546 e. The molecule has 0 aliphatic rings. The molecule has 66 heavy (non-hydrogen) atoms. The summed E-state index contributed by atoms with van der Waals surface area (Å²) in [5.74, 6) is 0. The van der Waals surface area contributed by atoms with Gasteiger partial charge in [-0.3, -0.25) is 0 Å². The van der Waals surface area contributed by atoms with Crippen LogP contribution in [-0.4, -0.2) is 0 Å². The third-order valence-corrected chi connectivity index (χ3v) is 13.3. The van der Waals surface area contributed by atoms with Crippen molar-refractivity contribution in [3.8, 4) is 0 Å². The van der Waals surface area contributed by atoms with Gasteiger partial charge in [-0.1, -0.05) is 181 Å². The van der Waals surface area contributed by atoms with Gasteiger partial charge >= 0.3 is 0 Å². The van der Waals surface area contributed by atoms with Crippen molar-refractivity contribution in [1.29, 1.82) is 0 Å². The van der Waals surface area contributed by atoms with Gasteiger partial charge in [-0.15, -0.1) is 0 Å². The first-order chi connectivity index (χ1) is 31.8. The molecular weight excluding hydrogens is 797 g/mol. The lowest BCUT2D eigenvalue weighted by molar-refractivity contribution is 0.590. The average molecular weight is 855 g/mol. The lowest BCUT2D eigenvalue weighted by atomic mass is 9.87. The van der Waals surface area contributed by atoms with Gasteiger partial charge in [-0.05, 0) is 157 Å². The minimum Gasteiger partial charge on any atom is -0.310 e. The monoisotopic (exact) mass is 854 g/mol. The summed E-state index contributed by atoms with van der Waals surface area (Å²) in [5, 5.41) is 9.80. The summed E-state index contributed by atoms with van der Waals surface area (Å²) in [6.45, 7) is 18.0. The summed E-state index contributed by atoms with van der Waals surface area (Å²) in [5.41, 5.74) is 14.5. The van der Waals surface area contributed by atoms with Crippen LogP contribution in [0, 0.1) is 13.8 Å². The van der Waals surface area contributed by atoms with E-state index in [1.807, 2.05) is 0 Å². The van der Waals surface area contributed by atoms with Gasteiger partial charge in [0.15, 0.2) is 0 Å². The number of benzene rings is 10. The first-order valence-corrected chi connectivity index (χ1v) is 23.3. The minimum atomic E-state index is 0.0617. The predicted octanol–water partition coefficient (Wildman–Crippen LogP) is 18.6. The molecule has 0 saturated carbocycles. The molecule has 0 fully saturated rings. The van der Waals surface area contributed by atoms with Crippen LogP contribution in [0.15, 0.2) is 194 Å². The first-order valence-electron chi connectivity index (χ1n) is 23.3. The molecule has 0 aromatic heterocycles. The highest BCUT2D eigenvalue weighted by molar-refractivity contribution is 6.23. The molecule has 0 saturated heterocycles. The molecule has 0 radical (unpaired) electrons. The smallest absolute Gasteiger partial charge is 0.0546 e. The Hall–Kier alpha value is -7.42. The van der Waals surface area contributed by atoms with Gasteiger partial charge in [0.2, 0.25) is 0 Å². The summed E-state index contributed by atoms with van der Waals surface area (Å²) in [4.78, 5) is 4.85. The molecule has 0 spiro atoms. The van der Waals surface area contributed by atoms with Crippen molar-refractivity contribution in [3.05, 3.63) is 228 Å². The molecule has 0 aliphatic carbocycles. The molecule has 2 nitrogen and oxygen atoms in total. The third kappa shape index (κ3) is 8.02. The van der Waals surface area contributed by atoms with Crippen LogP contribution in [0.1, 0.15) is 74.9 Å². The summed E-state index contributed by atoms with van der Waals surface area (Å²) in [7, 11) is 0. The van der Waals surface area contributed by atoms with Gasteiger partial charge in [-0.2, -0.15) is 0 Å². The van der Waals surface area contributed by atoms with E-state index in [4.69, 9.17) is 0 Å². The molecule has 0 N–H and O–H groups in total. The summed E-state index contributed by atoms with van der Waals surface area (Å²) < 4.78 is 0. The second-order valence-electron chi connectivity index (χ2n) is 20.0. The van der Waals surface area contributed by atoms with Crippen molar-refractivity contribution in [2.24, 2.45) is 0 Å². The van der Waals surface area contributed by atoms with Crippen LogP contribution >= 0.6 is 0 Å². The van der Waals surface area contributed by atoms with Gasteiger partial charge in [0.25, 0.3) is 0 Å². The first kappa shape index (κ1) is 42.5. The molecule has 10 aromatic rings. The van der Waals surface area contributed by atoms with E-state index >= 15 is 0 Å². The van der Waals surface area contributed by atoms with Crippen molar-refractivity contribution in [1.82, 2.24) is 0 Å². The van der Waals surface area contributed by atoms with Crippen LogP contribution < -0.4 is 9.80 Å². The normalized spacial score (nSPS) is 12.2. The number of aryl methyl sites for hydroxylation is 2. The van der Waals surface area contributed by atoms with Crippen LogP contribution in [-0.2, 0) is 10.8 Å². The van der Waals surface area contributed by atoms with Gasteiger partial charge in [0.1, 0.15) is 0 Å². The van der Waals surface area contributed by atoms with E-state index < -0.39 is 0 Å². The van der Waals surface area contributed by atoms with Gasteiger partial charge in [0.05, 0.1) is 11.4 Å². The summed E-state index contributed by atoms with van der Waals surface area (Å²) >= 11 is 0. The lowest BCUT2D eigenvalue weighted by Gasteiger charge is -2.29. The van der Waals surface area contributed by atoms with E-state index in [-0.39, 0.29) is 10.8 Å². The van der Waals surface area contributed by atoms with Crippen molar-refractivity contribution in [3.63, 3.8) is 0 Å². The van der Waals surface area contributed by atoms with Crippen LogP contribution in [0.3, 0.4) is 0 Å². The molecule has 0 unspecified atom stereocenters. The Morgan fingerprint density at radius 3 is 1.21 bits per heavy atom. The largest absolute Gasteiger partial charge is 0.310 e. The predicted molar refractivity (Wildman–Crippen MR) is 288 cm³/mol. The molecular formula is C64H58N2. The number of hydrogen-bond donors (Lipinski definition) is 0. The van der Waals surface area contributed by atoms with Crippen molar-refractivity contribution in [2.45, 2.75) is 66.2 Å². The Labute approximate surface area is 391 Å². The Morgan fingerprint density at radius 1 is 0.303 bits per heavy atom. The summed E-state index contributed by atoms with van der Waals surface area (Å²) in [6.07, 6.45) is 4.64. The zero-order valence-corrected chi connectivity index (χ0v) is 39.5. The lowest BCUT2D eigenvalue weighted by Crippen LogP contribution is -2.13. The van der Waals surface area contributed by atoms with E-state index in [0.717, 1.165) is 34.1 Å². The van der Waals surface area contributed by atoms with Gasteiger partial charge < -0.3 is 9.80 Å². The molecule has 0 bridgehead atoms. The highest BCUT2D eigenvalue weighted by Crippen LogP contribution is 2.46. The second-order valence-corrected chi connectivity index (χ2v) is 20.0. The fourth-order valence-electron chi connectivity index (χ4n) is 9.72. The molecule has 10 aromatic carbocycles.